The molecule has 246 valence electrons. The standard InChI is InChI=1S/C34H42FN5O6/c1-34(2,3)46-33(45)39-13-10-22(11-14-39)6-9-30(41)40-12-4-5-25(21-40)32(44)38-29(17-31(42)43)27-15-26(19-37-20-27)23-7-8-24(18-36)28(35)16-23/h7-8,15-16,19-20,22,25,29H,4-6,9-14,17,21H2,1-3H3,(H,38,44)(H,42,43)/t25-,29?/m1/s1/i35-1. The van der Waals surface area contributed by atoms with Crippen LogP contribution >= 0.6 is 0 Å². The average molecular weight is 635 g/mol. The Hall–Kier alpha value is -4.53. The molecule has 0 radical (unpaired) electrons. The SMILES string of the molecule is CC(C)(C)OC(=O)N1CCC(CCC(=O)N2CCC[C@@H](C(=O)NC(CC(=O)O)c3cncc(-c4ccc(C#N)c([18F])c4)c3)C2)CC1. The molecular weight excluding hydrogens is 592 g/mol. The van der Waals surface area contributed by atoms with E-state index in [-0.39, 0.29) is 36.4 Å². The molecule has 3 heterocycles. The van der Waals surface area contributed by atoms with Crippen LogP contribution in [0.3, 0.4) is 0 Å². The number of carbonyl (C=O) groups is 4. The van der Waals surface area contributed by atoms with Gasteiger partial charge >= 0.3 is 12.1 Å². The third-order valence-corrected chi connectivity index (χ3v) is 8.46. The first-order chi connectivity index (χ1) is 21.8. The van der Waals surface area contributed by atoms with Crippen LogP contribution in [-0.2, 0) is 19.1 Å². The van der Waals surface area contributed by atoms with Crippen LogP contribution in [0.15, 0.2) is 36.7 Å². The predicted octanol–water partition coefficient (Wildman–Crippen LogP) is 5.06. The van der Waals surface area contributed by atoms with Crippen LogP contribution in [0.5, 0.6) is 0 Å². The average Bonchev–Trinajstić information content (AvgIpc) is 3.02. The molecule has 1 aromatic carbocycles. The molecular formula is C34H42FN5O6. The molecule has 2 aliphatic rings. The number of carboxylic acids is 1. The van der Waals surface area contributed by atoms with Crippen molar-refractivity contribution in [2.75, 3.05) is 26.2 Å². The van der Waals surface area contributed by atoms with Gasteiger partial charge in [0, 0.05) is 50.6 Å². The van der Waals surface area contributed by atoms with Crippen molar-refractivity contribution in [2.45, 2.75) is 77.4 Å². The van der Waals surface area contributed by atoms with Crippen molar-refractivity contribution in [3.63, 3.8) is 0 Å². The Bertz CT molecular complexity index is 1480. The van der Waals surface area contributed by atoms with E-state index < -0.39 is 29.3 Å². The van der Waals surface area contributed by atoms with Gasteiger partial charge in [0.1, 0.15) is 17.5 Å². The van der Waals surface area contributed by atoms with Crippen LogP contribution in [0.1, 0.15) is 82.9 Å². The smallest absolute Gasteiger partial charge is 0.410 e. The highest BCUT2D eigenvalue weighted by atomic mass is 18.2. The molecule has 4 rings (SSSR count). The molecule has 2 aliphatic heterocycles. The monoisotopic (exact) mass is 634 g/mol. The summed E-state index contributed by atoms with van der Waals surface area (Å²) >= 11 is 0. The van der Waals surface area contributed by atoms with Crippen LogP contribution in [-0.4, -0.2) is 75.5 Å². The zero-order valence-corrected chi connectivity index (χ0v) is 26.6. The van der Waals surface area contributed by atoms with Crippen LogP contribution in [0.4, 0.5) is 9.18 Å². The van der Waals surface area contributed by atoms with E-state index in [1.54, 1.807) is 28.0 Å². The largest absolute Gasteiger partial charge is 0.481 e. The number of nitrogens with zero attached hydrogens (tertiary/aromatic N) is 4. The van der Waals surface area contributed by atoms with Crippen molar-refractivity contribution in [1.29, 1.82) is 5.26 Å². The van der Waals surface area contributed by atoms with Crippen LogP contribution in [0, 0.1) is 29.0 Å². The van der Waals surface area contributed by atoms with Crippen molar-refractivity contribution in [3.05, 3.63) is 53.6 Å². The number of nitrogens with one attached hydrogen (secondary N) is 1. The summed E-state index contributed by atoms with van der Waals surface area (Å²) in [7, 11) is 0. The summed E-state index contributed by atoms with van der Waals surface area (Å²) in [6, 6.07) is 6.69. The number of aromatic nitrogens is 1. The summed E-state index contributed by atoms with van der Waals surface area (Å²) in [5.74, 6) is -2.31. The van der Waals surface area contributed by atoms with Gasteiger partial charge in [-0.15, -0.1) is 0 Å². The van der Waals surface area contributed by atoms with Gasteiger partial charge in [0.05, 0.1) is 23.9 Å². The molecule has 2 N–H and O–H groups in total. The number of pyridine rings is 1. The Morgan fingerprint density at radius 1 is 1.09 bits per heavy atom. The van der Waals surface area contributed by atoms with Crippen molar-refractivity contribution in [3.8, 4) is 17.2 Å². The quantitative estimate of drug-likeness (QED) is 0.388. The van der Waals surface area contributed by atoms with E-state index in [1.165, 1.54) is 24.5 Å². The molecule has 2 atom stereocenters. The molecule has 0 aliphatic carbocycles. The second-order valence-corrected chi connectivity index (χ2v) is 13.1. The third kappa shape index (κ3) is 9.49. The Kier molecular flexibility index (Phi) is 11.3. The Morgan fingerprint density at radius 3 is 2.48 bits per heavy atom. The van der Waals surface area contributed by atoms with Crippen molar-refractivity contribution >= 4 is 23.9 Å². The molecule has 2 fully saturated rings. The summed E-state index contributed by atoms with van der Waals surface area (Å²) in [6.45, 7) is 7.53. The van der Waals surface area contributed by atoms with Crippen molar-refractivity contribution in [2.24, 2.45) is 11.8 Å². The topological polar surface area (TPSA) is 153 Å². The molecule has 12 heteroatoms. The maximum atomic E-state index is 14.2. The summed E-state index contributed by atoms with van der Waals surface area (Å²) in [5, 5.41) is 21.5. The Balaban J connectivity index is 1.32. The fraction of sp³-hybridized carbons (Fsp3) is 0.529. The van der Waals surface area contributed by atoms with Crippen LogP contribution < -0.4 is 5.32 Å². The number of benzene rings is 1. The molecule has 2 aromatic rings. The lowest BCUT2D eigenvalue weighted by atomic mass is 9.91. The number of halogens is 1. The number of rotatable bonds is 9. The number of likely N-dealkylation sites (tertiary alicyclic amines) is 2. The first-order valence-corrected chi connectivity index (χ1v) is 15.8. The highest BCUT2D eigenvalue weighted by Gasteiger charge is 2.32. The Labute approximate surface area is 268 Å². The molecule has 46 heavy (non-hydrogen) atoms. The highest BCUT2D eigenvalue weighted by Crippen LogP contribution is 2.28. The molecule has 0 saturated carbocycles. The number of nitriles is 1. The minimum atomic E-state index is -1.11. The number of piperidine rings is 2. The summed E-state index contributed by atoms with van der Waals surface area (Å²) in [5.41, 5.74) is 0.776. The number of aliphatic carboxylic acids is 1. The summed E-state index contributed by atoms with van der Waals surface area (Å²) in [4.78, 5) is 58.2. The van der Waals surface area contributed by atoms with E-state index in [2.05, 4.69) is 10.3 Å². The molecule has 0 spiro atoms. The van der Waals surface area contributed by atoms with E-state index in [4.69, 9.17) is 10.00 Å². The number of hydrogen-bond acceptors (Lipinski definition) is 7. The lowest BCUT2D eigenvalue weighted by Gasteiger charge is -2.35. The summed E-state index contributed by atoms with van der Waals surface area (Å²) < 4.78 is 19.7. The summed E-state index contributed by atoms with van der Waals surface area (Å²) in [6.07, 6.45) is 6.17. The Morgan fingerprint density at radius 2 is 1.83 bits per heavy atom. The van der Waals surface area contributed by atoms with Crippen molar-refractivity contribution in [1.82, 2.24) is 20.1 Å². The molecule has 0 bridgehead atoms. The first-order valence-electron chi connectivity index (χ1n) is 15.8. The number of carbonyl (C=O) groups excluding carboxylic acids is 3. The maximum Gasteiger partial charge on any atom is 0.410 e. The van der Waals surface area contributed by atoms with Gasteiger partial charge in [0.25, 0.3) is 0 Å². The van der Waals surface area contributed by atoms with Crippen LogP contribution in [0.25, 0.3) is 11.1 Å². The maximum absolute atomic E-state index is 14.2. The predicted molar refractivity (Wildman–Crippen MR) is 167 cm³/mol. The van der Waals surface area contributed by atoms with Gasteiger partial charge in [-0.3, -0.25) is 19.4 Å². The zero-order chi connectivity index (χ0) is 33.4. The van der Waals surface area contributed by atoms with E-state index in [9.17, 15) is 28.7 Å². The minimum Gasteiger partial charge on any atom is -0.481 e. The first kappa shape index (κ1) is 34.3. The number of hydrogen-bond donors (Lipinski definition) is 2. The number of ether oxygens (including phenoxy) is 1. The van der Waals surface area contributed by atoms with Crippen molar-refractivity contribution < 1.29 is 33.4 Å². The molecule has 11 nitrogen and oxygen atoms in total. The molecule has 2 saturated heterocycles. The molecule has 1 unspecified atom stereocenters. The normalized spacial score (nSPS) is 17.9. The second kappa shape index (κ2) is 15.2. The van der Waals surface area contributed by atoms with Gasteiger partial charge in [-0.1, -0.05) is 6.07 Å². The lowest BCUT2D eigenvalue weighted by molar-refractivity contribution is -0.138. The minimum absolute atomic E-state index is 0.0132. The van der Waals surface area contributed by atoms with Crippen LogP contribution in [0.2, 0.25) is 0 Å². The number of amides is 3. The van der Waals surface area contributed by atoms with Gasteiger partial charge in [0.2, 0.25) is 11.8 Å². The van der Waals surface area contributed by atoms with E-state index in [0.29, 0.717) is 67.9 Å². The van der Waals surface area contributed by atoms with Gasteiger partial charge in [-0.05, 0) is 88.1 Å². The van der Waals surface area contributed by atoms with E-state index in [0.717, 1.165) is 12.8 Å². The van der Waals surface area contributed by atoms with E-state index >= 15 is 0 Å². The van der Waals surface area contributed by atoms with Gasteiger partial charge in [0.15, 0.2) is 0 Å². The molecule has 3 amide bonds. The number of carboxylic acid groups (broad SMARTS) is 1. The van der Waals surface area contributed by atoms with Gasteiger partial charge in [-0.25, -0.2) is 9.18 Å². The fourth-order valence-electron chi connectivity index (χ4n) is 5.94. The highest BCUT2D eigenvalue weighted by molar-refractivity contribution is 5.82. The zero-order valence-electron chi connectivity index (χ0n) is 26.6. The third-order valence-electron chi connectivity index (χ3n) is 8.46. The molecule has 1 aromatic heterocycles. The van der Waals surface area contributed by atoms with E-state index in [1.807, 2.05) is 20.8 Å². The lowest BCUT2D eigenvalue weighted by Crippen LogP contribution is -2.46. The van der Waals surface area contributed by atoms with Gasteiger partial charge in [-0.2, -0.15) is 5.26 Å². The second-order valence-electron chi connectivity index (χ2n) is 13.1. The fourth-order valence-corrected chi connectivity index (χ4v) is 5.94. The van der Waals surface area contributed by atoms with Gasteiger partial charge < -0.3 is 25.0 Å².